The topological polar surface area (TPSA) is 141 Å². The third kappa shape index (κ3) is 29.2. The molecule has 11 nitrogen and oxygen atoms in total. The molecule has 0 aromatic heterocycles. The first-order valence-corrected chi connectivity index (χ1v) is 16.2. The predicted octanol–water partition coefficient (Wildman–Crippen LogP) is 5.56. The molecule has 12 heteroatoms. The highest BCUT2D eigenvalue weighted by atomic mass is 31.2. The zero-order valence-corrected chi connectivity index (χ0v) is 26.8. The number of allylic oxidation sites excluding steroid dienone is 8. The number of aliphatic hydroxyl groups is 1. The van der Waals surface area contributed by atoms with Crippen molar-refractivity contribution in [1.82, 2.24) is 5.32 Å². The number of ether oxygens (including phenoxy) is 2. The van der Waals surface area contributed by atoms with E-state index in [1.165, 1.54) is 25.7 Å². The Kier molecular flexibility index (Phi) is 23.9. The number of phosphoric acid groups is 1. The van der Waals surface area contributed by atoms with Gasteiger partial charge in [-0.05, 0) is 44.9 Å². The van der Waals surface area contributed by atoms with Crippen LogP contribution in [0.25, 0.3) is 0 Å². The van der Waals surface area contributed by atoms with Gasteiger partial charge in [0.05, 0.1) is 27.7 Å². The smallest absolute Gasteiger partial charge is 0.432 e. The quantitative estimate of drug-likeness (QED) is 0.0300. The zero-order chi connectivity index (χ0) is 31.5. The van der Waals surface area contributed by atoms with Crippen molar-refractivity contribution in [3.8, 4) is 0 Å². The maximum Gasteiger partial charge on any atom is 0.508 e. The van der Waals surface area contributed by atoms with Crippen molar-refractivity contribution in [1.29, 1.82) is 0 Å². The number of unbranched alkanes of at least 4 members (excludes halogenated alkanes) is 4. The molecule has 0 radical (unpaired) electrons. The summed E-state index contributed by atoms with van der Waals surface area (Å²) in [4.78, 5) is 33.1. The normalized spacial score (nSPS) is 14.6. The minimum atomic E-state index is -4.51. The van der Waals surface area contributed by atoms with Crippen LogP contribution in [0.15, 0.2) is 48.6 Å². The van der Waals surface area contributed by atoms with Crippen LogP contribution in [-0.2, 0) is 27.9 Å². The molecule has 0 fully saturated rings. The van der Waals surface area contributed by atoms with Crippen molar-refractivity contribution >= 4 is 19.9 Å². The number of nitrogens with one attached hydrogen (secondary N) is 1. The van der Waals surface area contributed by atoms with Crippen LogP contribution in [0.1, 0.15) is 71.1 Å². The van der Waals surface area contributed by atoms with E-state index < -0.39 is 26.9 Å². The fourth-order valence-corrected chi connectivity index (χ4v) is 3.92. The van der Waals surface area contributed by atoms with E-state index in [4.69, 9.17) is 9.26 Å². The van der Waals surface area contributed by atoms with E-state index in [0.717, 1.165) is 25.7 Å². The number of rotatable bonds is 25. The molecule has 0 aliphatic heterocycles. The van der Waals surface area contributed by atoms with Gasteiger partial charge >= 0.3 is 14.0 Å². The first-order valence-electron chi connectivity index (χ1n) is 14.8. The Morgan fingerprint density at radius 2 is 1.43 bits per heavy atom. The summed E-state index contributed by atoms with van der Waals surface area (Å²) in [6.07, 6.45) is 23.9. The predicted molar refractivity (Wildman–Crippen MR) is 164 cm³/mol. The van der Waals surface area contributed by atoms with Crippen molar-refractivity contribution in [3.05, 3.63) is 48.6 Å². The Morgan fingerprint density at radius 3 is 2.00 bits per heavy atom. The highest BCUT2D eigenvalue weighted by molar-refractivity contribution is 7.47. The molecule has 0 aliphatic carbocycles. The molecule has 3 N–H and O–H groups in total. The zero-order valence-electron chi connectivity index (χ0n) is 25.9. The van der Waals surface area contributed by atoms with Crippen molar-refractivity contribution in [2.45, 2.75) is 77.4 Å². The summed E-state index contributed by atoms with van der Waals surface area (Å²) in [5.74, 6) is -0.157. The van der Waals surface area contributed by atoms with Gasteiger partial charge in [0, 0.05) is 6.42 Å². The highest BCUT2D eigenvalue weighted by Crippen LogP contribution is 2.44. The summed E-state index contributed by atoms with van der Waals surface area (Å²) in [6, 6.07) is 0. The molecule has 0 saturated heterocycles. The molecular weight excluding hydrogens is 563 g/mol. The van der Waals surface area contributed by atoms with Crippen LogP contribution >= 0.6 is 7.82 Å². The van der Waals surface area contributed by atoms with E-state index in [2.05, 4.69) is 70.1 Å². The number of aliphatic hydroxyl groups excluding tert-OH is 1. The Balaban J connectivity index is 3.76. The molecule has 2 unspecified atom stereocenters. The number of carbonyl (C=O) groups excluding carboxylic acids is 2. The minimum absolute atomic E-state index is 0.0663. The lowest BCUT2D eigenvalue weighted by Gasteiger charge is -2.24. The Bertz CT molecular complexity index is 882. The van der Waals surface area contributed by atoms with Gasteiger partial charge in [-0.1, -0.05) is 68.4 Å². The second kappa shape index (κ2) is 25.2. The van der Waals surface area contributed by atoms with E-state index in [0.29, 0.717) is 23.9 Å². The number of likely N-dealkylation sites (N-methyl/N-ethyl adjacent to an activating group) is 1. The maximum absolute atomic E-state index is 11.9. The van der Waals surface area contributed by atoms with Crippen LogP contribution in [-0.4, -0.2) is 86.9 Å². The lowest BCUT2D eigenvalue weighted by molar-refractivity contribution is -0.870. The molecule has 0 aromatic rings. The second-order valence-electron chi connectivity index (χ2n) is 10.6. The molecule has 0 aromatic carbocycles. The van der Waals surface area contributed by atoms with E-state index in [9.17, 15) is 24.2 Å². The first-order chi connectivity index (χ1) is 19.9. The number of quaternary nitrogens is 1. The molecule has 2 atom stereocenters. The third-order valence-corrected chi connectivity index (χ3v) is 6.51. The summed E-state index contributed by atoms with van der Waals surface area (Å²) in [5.41, 5.74) is 0. The molecule has 0 saturated carbocycles. The van der Waals surface area contributed by atoms with Crippen LogP contribution in [0.4, 0.5) is 4.79 Å². The van der Waals surface area contributed by atoms with Gasteiger partial charge in [0.15, 0.2) is 0 Å². The maximum atomic E-state index is 11.9. The minimum Gasteiger partial charge on any atom is -0.432 e. The molecule has 0 aliphatic rings. The number of carbonyl (C=O) groups is 2. The number of hydrogen-bond donors (Lipinski definition) is 3. The molecule has 1 amide bonds. The fourth-order valence-electron chi connectivity index (χ4n) is 3.18. The first kappa shape index (κ1) is 39.7. The second-order valence-corrected chi connectivity index (χ2v) is 12.0. The van der Waals surface area contributed by atoms with Crippen molar-refractivity contribution in [2.24, 2.45) is 0 Å². The van der Waals surface area contributed by atoms with Gasteiger partial charge in [-0.15, -0.1) is 0 Å². The SMILES string of the molecule is CCCCC/C=C\C/C=C\C/C=C\C/C=C\CCCC(=O)NCCOC(=O)OCC(O)OP(=O)(O)OCC[N+](C)(C)C. The van der Waals surface area contributed by atoms with Crippen LogP contribution in [0, 0.1) is 0 Å². The van der Waals surface area contributed by atoms with Crippen LogP contribution in [0.3, 0.4) is 0 Å². The highest BCUT2D eigenvalue weighted by Gasteiger charge is 2.27. The summed E-state index contributed by atoms with van der Waals surface area (Å²) in [6.45, 7) is 1.83. The van der Waals surface area contributed by atoms with E-state index >= 15 is 0 Å². The van der Waals surface area contributed by atoms with Gasteiger partial charge in [-0.3, -0.25) is 13.8 Å². The van der Waals surface area contributed by atoms with Crippen molar-refractivity contribution in [2.75, 3.05) is 54.1 Å². The number of hydrogen-bond acceptors (Lipinski definition) is 8. The lowest BCUT2D eigenvalue weighted by atomic mass is 10.2. The van der Waals surface area contributed by atoms with Gasteiger partial charge < -0.3 is 29.3 Å². The van der Waals surface area contributed by atoms with E-state index in [1.54, 1.807) is 0 Å². The fraction of sp³-hybridized carbons (Fsp3) is 0.667. The van der Waals surface area contributed by atoms with Crippen LogP contribution < -0.4 is 5.32 Å². The molecule has 0 rings (SSSR count). The monoisotopic (exact) mass is 617 g/mol. The molecule has 0 heterocycles. The van der Waals surface area contributed by atoms with Gasteiger partial charge in [0.25, 0.3) is 0 Å². The summed E-state index contributed by atoms with van der Waals surface area (Å²) < 4.78 is 31.0. The lowest BCUT2D eigenvalue weighted by Crippen LogP contribution is -2.37. The van der Waals surface area contributed by atoms with Gasteiger partial charge in [-0.25, -0.2) is 9.36 Å². The third-order valence-electron chi connectivity index (χ3n) is 5.49. The summed E-state index contributed by atoms with van der Waals surface area (Å²) in [5, 5.41) is 12.3. The van der Waals surface area contributed by atoms with Crippen molar-refractivity contribution in [3.63, 3.8) is 0 Å². The molecule has 0 bridgehead atoms. The van der Waals surface area contributed by atoms with Crippen molar-refractivity contribution < 1.29 is 47.2 Å². The molecule has 42 heavy (non-hydrogen) atoms. The molecule has 242 valence electrons. The summed E-state index contributed by atoms with van der Waals surface area (Å²) >= 11 is 0. The van der Waals surface area contributed by atoms with E-state index in [-0.39, 0.29) is 25.7 Å². The molecule has 0 spiro atoms. The van der Waals surface area contributed by atoms with Gasteiger partial charge in [0.2, 0.25) is 12.2 Å². The number of amides is 1. The Morgan fingerprint density at radius 1 is 0.857 bits per heavy atom. The van der Waals surface area contributed by atoms with Gasteiger partial charge in [-0.2, -0.15) is 0 Å². The number of phosphoric ester groups is 1. The van der Waals surface area contributed by atoms with Crippen LogP contribution in [0.5, 0.6) is 0 Å². The number of nitrogens with zero attached hydrogens (tertiary/aromatic N) is 1. The van der Waals surface area contributed by atoms with E-state index in [1.807, 2.05) is 21.1 Å². The molecular formula is C30H54N2O9P+. The largest absolute Gasteiger partial charge is 0.508 e. The Labute approximate surface area is 252 Å². The standard InChI is InChI=1S/C30H53N2O9P/c1-5-6-7-8-9-10-11-12-13-14-15-16-17-18-19-20-21-22-28(33)31-23-25-38-30(35)39-27-29(34)41-42(36,37)40-26-24-32(2,3)4/h9-10,12-13,15-16,18-19,29,34H,5-8,11,14,17,20-27H2,1-4H3,(H-,31,33,36,37)/p+1/b10-9-,13-12-,16-15-,19-18-. The van der Waals surface area contributed by atoms with Crippen LogP contribution in [0.2, 0.25) is 0 Å². The Hall–Kier alpha value is -2.27. The summed E-state index contributed by atoms with van der Waals surface area (Å²) in [7, 11) is 1.12. The average molecular weight is 618 g/mol. The average Bonchev–Trinajstić information content (AvgIpc) is 2.90. The van der Waals surface area contributed by atoms with Gasteiger partial charge in [0.1, 0.15) is 26.4 Å².